The van der Waals surface area contributed by atoms with Gasteiger partial charge in [-0.1, -0.05) is 0 Å². The molecule has 1 rings (SSSR count). The summed E-state index contributed by atoms with van der Waals surface area (Å²) in [4.78, 5) is 16.2. The first-order chi connectivity index (χ1) is 7.01. The van der Waals surface area contributed by atoms with Crippen molar-refractivity contribution in [2.75, 3.05) is 26.3 Å². The van der Waals surface area contributed by atoms with Crippen LogP contribution in [-0.4, -0.2) is 49.4 Å². The summed E-state index contributed by atoms with van der Waals surface area (Å²) in [6, 6.07) is 0.159. The third kappa shape index (κ3) is 5.11. The van der Waals surface area contributed by atoms with Crippen molar-refractivity contribution in [2.45, 2.75) is 32.4 Å². The number of hydrogen-bond donors (Lipinski definition) is 1. The number of rotatable bonds is 4. The Balaban J connectivity index is 2.35. The Labute approximate surface area is 90.7 Å². The summed E-state index contributed by atoms with van der Waals surface area (Å²) in [6.45, 7) is 8.43. The van der Waals surface area contributed by atoms with E-state index in [1.807, 2.05) is 20.8 Å². The average Bonchev–Trinajstić information content (AvgIpc) is 2.16. The number of nitrogens with one attached hydrogen (secondary N) is 1. The Morgan fingerprint density at radius 3 is 2.80 bits per heavy atom. The molecule has 5 nitrogen and oxygen atoms in total. The van der Waals surface area contributed by atoms with Gasteiger partial charge in [-0.05, 0) is 20.8 Å². The lowest BCUT2D eigenvalue weighted by Crippen LogP contribution is -2.49. The Morgan fingerprint density at radius 1 is 1.60 bits per heavy atom. The maximum absolute atomic E-state index is 10.8. The van der Waals surface area contributed by atoms with Gasteiger partial charge in [0, 0.05) is 6.54 Å². The monoisotopic (exact) mass is 216 g/mol. The van der Waals surface area contributed by atoms with Crippen molar-refractivity contribution < 1.29 is 14.4 Å². The highest BCUT2D eigenvalue weighted by Gasteiger charge is 2.21. The predicted molar refractivity (Wildman–Crippen MR) is 56.2 cm³/mol. The van der Waals surface area contributed by atoms with E-state index in [1.165, 1.54) is 5.06 Å². The number of hydroxylamine groups is 2. The van der Waals surface area contributed by atoms with Crippen LogP contribution in [-0.2, 0) is 14.4 Å². The summed E-state index contributed by atoms with van der Waals surface area (Å²) in [5, 5.41) is 4.59. The van der Waals surface area contributed by atoms with Crippen LogP contribution >= 0.6 is 0 Å². The lowest BCUT2D eigenvalue weighted by Gasteiger charge is -2.31. The highest BCUT2D eigenvalue weighted by Crippen LogP contribution is 2.09. The zero-order valence-corrected chi connectivity index (χ0v) is 9.66. The molecule has 1 unspecified atom stereocenters. The molecular formula is C10H20N2O3. The molecule has 0 aliphatic carbocycles. The van der Waals surface area contributed by atoms with E-state index in [-0.39, 0.29) is 11.6 Å². The molecule has 15 heavy (non-hydrogen) atoms. The molecule has 1 amide bonds. The van der Waals surface area contributed by atoms with Crippen molar-refractivity contribution in [1.29, 1.82) is 0 Å². The van der Waals surface area contributed by atoms with E-state index < -0.39 is 0 Å². The molecule has 1 saturated heterocycles. The molecular weight excluding hydrogens is 196 g/mol. The molecule has 1 aliphatic rings. The zero-order chi connectivity index (χ0) is 11.3. The summed E-state index contributed by atoms with van der Waals surface area (Å²) < 4.78 is 5.30. The molecule has 88 valence electrons. The van der Waals surface area contributed by atoms with Gasteiger partial charge in [-0.2, -0.15) is 0 Å². The fourth-order valence-electron chi connectivity index (χ4n) is 1.41. The fraction of sp³-hybridized carbons (Fsp3) is 0.900. The Kier molecular flexibility index (Phi) is 4.50. The molecule has 1 atom stereocenters. The summed E-state index contributed by atoms with van der Waals surface area (Å²) in [6.07, 6.45) is 0.710. The molecule has 1 N–H and O–H groups in total. The molecule has 0 aromatic carbocycles. The number of carbonyl (C=O) groups excluding carboxylic acids is 1. The summed E-state index contributed by atoms with van der Waals surface area (Å²) in [5.41, 5.74) is -0.351. The SMILES string of the molecule is CC(C)(C)ON(C=O)CC1COCCN1. The predicted octanol–water partition coefficient (Wildman–Crippen LogP) is 0.163. The molecule has 0 saturated carbocycles. The number of hydrogen-bond acceptors (Lipinski definition) is 4. The maximum Gasteiger partial charge on any atom is 0.233 e. The van der Waals surface area contributed by atoms with Crippen LogP contribution in [0.15, 0.2) is 0 Å². The minimum Gasteiger partial charge on any atom is -0.378 e. The lowest BCUT2D eigenvalue weighted by atomic mass is 10.2. The average molecular weight is 216 g/mol. The number of nitrogens with zero attached hydrogens (tertiary/aromatic N) is 1. The molecule has 0 spiro atoms. The summed E-state index contributed by atoms with van der Waals surface area (Å²) >= 11 is 0. The van der Waals surface area contributed by atoms with Crippen LogP contribution in [0.25, 0.3) is 0 Å². The summed E-state index contributed by atoms with van der Waals surface area (Å²) in [7, 11) is 0. The summed E-state index contributed by atoms with van der Waals surface area (Å²) in [5.74, 6) is 0. The van der Waals surface area contributed by atoms with Crippen LogP contribution in [0.5, 0.6) is 0 Å². The second-order valence-electron chi connectivity index (χ2n) is 4.63. The third-order valence-corrected chi connectivity index (χ3v) is 1.91. The van der Waals surface area contributed by atoms with Gasteiger partial charge in [0.2, 0.25) is 6.41 Å². The minimum absolute atomic E-state index is 0.159. The van der Waals surface area contributed by atoms with Crippen LogP contribution in [0.1, 0.15) is 20.8 Å². The van der Waals surface area contributed by atoms with Crippen molar-refractivity contribution in [3.05, 3.63) is 0 Å². The highest BCUT2D eigenvalue weighted by molar-refractivity contribution is 5.45. The Morgan fingerprint density at radius 2 is 2.33 bits per heavy atom. The van der Waals surface area contributed by atoms with E-state index in [0.717, 1.165) is 13.2 Å². The maximum atomic E-state index is 10.8. The Bertz CT molecular complexity index is 197. The van der Waals surface area contributed by atoms with Gasteiger partial charge in [0.25, 0.3) is 0 Å². The first kappa shape index (κ1) is 12.4. The second kappa shape index (κ2) is 5.44. The van der Waals surface area contributed by atoms with Gasteiger partial charge in [0.05, 0.1) is 31.4 Å². The van der Waals surface area contributed by atoms with Gasteiger partial charge >= 0.3 is 0 Å². The molecule has 5 heteroatoms. The molecule has 0 radical (unpaired) electrons. The number of morpholine rings is 1. The molecule has 0 bridgehead atoms. The molecule has 0 aromatic rings. The number of amides is 1. The second-order valence-corrected chi connectivity index (χ2v) is 4.63. The van der Waals surface area contributed by atoms with E-state index in [9.17, 15) is 4.79 Å². The smallest absolute Gasteiger partial charge is 0.233 e. The van der Waals surface area contributed by atoms with Gasteiger partial charge < -0.3 is 10.1 Å². The van der Waals surface area contributed by atoms with Gasteiger partial charge in [-0.3, -0.25) is 9.63 Å². The van der Waals surface area contributed by atoms with Crippen LogP contribution < -0.4 is 5.32 Å². The molecule has 1 aliphatic heterocycles. The number of ether oxygens (including phenoxy) is 1. The van der Waals surface area contributed by atoms with Crippen molar-refractivity contribution in [3.8, 4) is 0 Å². The fourth-order valence-corrected chi connectivity index (χ4v) is 1.41. The standard InChI is InChI=1S/C10H20N2O3/c1-10(2,3)15-12(8-13)6-9-7-14-5-4-11-9/h8-9,11H,4-7H2,1-3H3. The normalized spacial score (nSPS) is 22.5. The van der Waals surface area contributed by atoms with Gasteiger partial charge in [0.1, 0.15) is 0 Å². The quantitative estimate of drug-likeness (QED) is 0.537. The van der Waals surface area contributed by atoms with Crippen LogP contribution in [0.4, 0.5) is 0 Å². The van der Waals surface area contributed by atoms with E-state index >= 15 is 0 Å². The van der Waals surface area contributed by atoms with Crippen LogP contribution in [0.3, 0.4) is 0 Å². The van der Waals surface area contributed by atoms with Gasteiger partial charge in [-0.25, -0.2) is 5.06 Å². The first-order valence-electron chi connectivity index (χ1n) is 5.23. The highest BCUT2D eigenvalue weighted by atomic mass is 16.7. The molecule has 1 fully saturated rings. The van der Waals surface area contributed by atoms with E-state index in [2.05, 4.69) is 5.32 Å². The number of carbonyl (C=O) groups is 1. The zero-order valence-electron chi connectivity index (χ0n) is 9.66. The van der Waals surface area contributed by atoms with Crippen LogP contribution in [0.2, 0.25) is 0 Å². The molecule has 1 heterocycles. The van der Waals surface area contributed by atoms with Gasteiger partial charge in [-0.15, -0.1) is 0 Å². The van der Waals surface area contributed by atoms with Gasteiger partial charge in [0.15, 0.2) is 0 Å². The van der Waals surface area contributed by atoms with Crippen molar-refractivity contribution in [2.24, 2.45) is 0 Å². The Hall–Kier alpha value is -0.650. The van der Waals surface area contributed by atoms with Crippen molar-refractivity contribution >= 4 is 6.41 Å². The third-order valence-electron chi connectivity index (χ3n) is 1.91. The van der Waals surface area contributed by atoms with E-state index in [1.54, 1.807) is 0 Å². The van der Waals surface area contributed by atoms with E-state index in [0.29, 0.717) is 19.6 Å². The van der Waals surface area contributed by atoms with Crippen molar-refractivity contribution in [1.82, 2.24) is 10.4 Å². The minimum atomic E-state index is -0.351. The largest absolute Gasteiger partial charge is 0.378 e. The lowest BCUT2D eigenvalue weighted by molar-refractivity contribution is -0.219. The topological polar surface area (TPSA) is 50.8 Å². The first-order valence-corrected chi connectivity index (χ1v) is 5.23. The van der Waals surface area contributed by atoms with Crippen molar-refractivity contribution in [3.63, 3.8) is 0 Å². The van der Waals surface area contributed by atoms with E-state index in [4.69, 9.17) is 9.57 Å². The van der Waals surface area contributed by atoms with Crippen LogP contribution in [0, 0.1) is 0 Å². The molecule has 0 aromatic heterocycles.